The number of nitrogens with one attached hydrogen (secondary N) is 3. The Hall–Kier alpha value is -1.75. The molecule has 0 amide bonds. The largest absolute Gasteiger partial charge is 0.481 e. The summed E-state index contributed by atoms with van der Waals surface area (Å²) in [6.07, 6.45) is 1.59. The summed E-state index contributed by atoms with van der Waals surface area (Å²) in [6, 6.07) is 0. The number of aliphatic carboxylic acids is 3. The Kier molecular flexibility index (Phi) is 8.86. The fraction of sp³-hybridized carbons (Fsp3) is 0.909. The highest BCUT2D eigenvalue weighted by Crippen LogP contribution is 2.61. The second kappa shape index (κ2) is 10.7. The minimum Gasteiger partial charge on any atom is -0.481 e. The highest BCUT2D eigenvalue weighted by Gasteiger charge is 2.75. The maximum atomic E-state index is 14.2. The van der Waals surface area contributed by atoms with E-state index in [0.717, 1.165) is 0 Å². The second-order valence-corrected chi connectivity index (χ2v) is 18.1. The van der Waals surface area contributed by atoms with Crippen molar-refractivity contribution in [3.63, 3.8) is 0 Å². The first-order valence-electron chi connectivity index (χ1n) is 15.8. The fourth-order valence-electron chi connectivity index (χ4n) is 10.7. The minimum atomic E-state index is -3.11. The Morgan fingerprint density at radius 3 is 1.07 bits per heavy atom. The molecule has 10 nitrogen and oxygen atoms in total. The van der Waals surface area contributed by atoms with E-state index in [1.54, 1.807) is 0 Å². The monoisotopic (exact) mass is 609 g/mol. The molecule has 0 radical (unpaired) electrons. The summed E-state index contributed by atoms with van der Waals surface area (Å²) < 4.78 is 0. The summed E-state index contributed by atoms with van der Waals surface area (Å²) in [5, 5.41) is 57.4. The summed E-state index contributed by atoms with van der Waals surface area (Å²) in [5.41, 5.74) is -8.94. The lowest BCUT2D eigenvalue weighted by Crippen LogP contribution is -2.76. The van der Waals surface area contributed by atoms with Crippen molar-refractivity contribution < 1.29 is 34.8 Å². The summed E-state index contributed by atoms with van der Waals surface area (Å²) in [7, 11) is 0. The lowest BCUT2D eigenvalue weighted by molar-refractivity contribution is -0.238. The van der Waals surface area contributed by atoms with Gasteiger partial charge in [0.1, 0.15) is 11.3 Å². The van der Waals surface area contributed by atoms with Crippen LogP contribution >= 0.6 is 0 Å². The molecule has 248 valence electrons. The van der Waals surface area contributed by atoms with Gasteiger partial charge in [0.05, 0.1) is 0 Å². The van der Waals surface area contributed by atoms with Crippen molar-refractivity contribution in [2.45, 2.75) is 160 Å². The van der Waals surface area contributed by atoms with E-state index >= 15 is 0 Å². The van der Waals surface area contributed by atoms with E-state index in [0.29, 0.717) is 0 Å². The van der Waals surface area contributed by atoms with Crippen LogP contribution in [0, 0.1) is 29.1 Å². The van der Waals surface area contributed by atoms with Gasteiger partial charge in [-0.15, -0.1) is 0 Å². The second-order valence-electron chi connectivity index (χ2n) is 18.1. The van der Waals surface area contributed by atoms with Gasteiger partial charge in [-0.2, -0.15) is 0 Å². The van der Waals surface area contributed by atoms with Crippen LogP contribution in [0.4, 0.5) is 0 Å². The quantitative estimate of drug-likeness (QED) is 0.211. The maximum Gasteiger partial charge on any atom is 0.337 e. The van der Waals surface area contributed by atoms with Gasteiger partial charge in [0.25, 0.3) is 0 Å². The summed E-state index contributed by atoms with van der Waals surface area (Å²) in [6.45, 7) is 23.4. The molecule has 10 heteroatoms. The molecule has 0 aromatic heterocycles. The van der Waals surface area contributed by atoms with Crippen LogP contribution in [-0.2, 0) is 14.4 Å². The van der Waals surface area contributed by atoms with E-state index in [1.807, 2.05) is 83.1 Å². The van der Waals surface area contributed by atoms with E-state index in [-0.39, 0.29) is 38.5 Å². The van der Waals surface area contributed by atoms with Crippen LogP contribution in [0.5, 0.6) is 0 Å². The van der Waals surface area contributed by atoms with Crippen molar-refractivity contribution in [3.8, 4) is 0 Å². The molecule has 2 unspecified atom stereocenters. The van der Waals surface area contributed by atoms with Crippen LogP contribution in [-0.4, -0.2) is 77.2 Å². The van der Waals surface area contributed by atoms with Crippen molar-refractivity contribution in [3.05, 3.63) is 0 Å². The number of aliphatic hydroxyl groups is 1. The van der Waals surface area contributed by atoms with Crippen molar-refractivity contribution in [1.82, 2.24) is 16.0 Å². The van der Waals surface area contributed by atoms with Crippen LogP contribution in [0.15, 0.2) is 0 Å². The molecule has 3 heterocycles. The number of rotatable bonds is 8. The molecular weight excluding hydrogens is 550 g/mol. The van der Waals surface area contributed by atoms with Crippen LogP contribution in [0.25, 0.3) is 0 Å². The van der Waals surface area contributed by atoms with Gasteiger partial charge in [-0.25, -0.2) is 4.79 Å². The van der Waals surface area contributed by atoms with Gasteiger partial charge in [0.15, 0.2) is 5.60 Å². The Balaban J connectivity index is 2.46. The molecule has 3 fully saturated rings. The Morgan fingerprint density at radius 1 is 0.558 bits per heavy atom. The van der Waals surface area contributed by atoms with Gasteiger partial charge in [-0.05, 0) is 139 Å². The normalized spacial score (nSPS) is 29.2. The van der Waals surface area contributed by atoms with Crippen molar-refractivity contribution >= 4 is 17.9 Å². The van der Waals surface area contributed by atoms with Gasteiger partial charge >= 0.3 is 17.9 Å². The van der Waals surface area contributed by atoms with E-state index in [9.17, 15) is 34.8 Å². The van der Waals surface area contributed by atoms with Crippen LogP contribution < -0.4 is 16.0 Å². The van der Waals surface area contributed by atoms with Crippen LogP contribution in [0.3, 0.4) is 0 Å². The van der Waals surface area contributed by atoms with Crippen molar-refractivity contribution in [1.29, 1.82) is 0 Å². The van der Waals surface area contributed by atoms with Gasteiger partial charge in [-0.3, -0.25) is 9.59 Å². The first-order valence-corrected chi connectivity index (χ1v) is 15.8. The molecule has 3 aliphatic rings. The van der Waals surface area contributed by atoms with Crippen molar-refractivity contribution in [2.24, 2.45) is 29.1 Å². The third-order valence-electron chi connectivity index (χ3n) is 10.4. The molecular formula is C33H59N3O7. The molecule has 3 rings (SSSR count). The van der Waals surface area contributed by atoms with E-state index in [1.165, 1.54) is 0 Å². The van der Waals surface area contributed by atoms with Crippen LogP contribution in [0.1, 0.15) is 122 Å². The number of carboxylic acids is 3. The Bertz CT molecular complexity index is 1040. The fourth-order valence-corrected chi connectivity index (χ4v) is 10.7. The number of carbonyl (C=O) groups is 3. The zero-order valence-corrected chi connectivity index (χ0v) is 28.6. The number of carboxylic acid groups (broad SMARTS) is 3. The maximum absolute atomic E-state index is 14.2. The summed E-state index contributed by atoms with van der Waals surface area (Å²) >= 11 is 0. The standard InChI is InChI=1S/C33H59N3O7/c1-26(2)13-19(14-27(3,4)34-26)22(23(37)38)33(43,25(41)42)32(24(39)40,20-15-28(5,6)35-29(7,8)16-20)21-17-30(9,10)36-31(11,12)18-21/h19-22,34-36,43H,13-18H2,1-12H3,(H,37,38)(H,39,40)(H,41,42). The van der Waals surface area contributed by atoms with Gasteiger partial charge < -0.3 is 36.4 Å². The van der Waals surface area contributed by atoms with E-state index < -0.39 is 85.8 Å². The SMILES string of the molecule is CC1(C)CC(C(C(=O)O)C(O)(C(=O)O)C(C(=O)O)(C2CC(C)(C)NC(C)(C)C2)C2CC(C)(C)NC(C)(C)C2)CC(C)(C)N1. The summed E-state index contributed by atoms with van der Waals surface area (Å²) in [5.74, 6) is -9.02. The summed E-state index contributed by atoms with van der Waals surface area (Å²) in [4.78, 5) is 41.5. The minimum absolute atomic E-state index is 0.263. The smallest absolute Gasteiger partial charge is 0.337 e. The predicted octanol–water partition coefficient (Wildman–Crippen LogP) is 4.24. The molecule has 43 heavy (non-hydrogen) atoms. The first-order chi connectivity index (χ1) is 19.0. The highest BCUT2D eigenvalue weighted by molar-refractivity contribution is 5.94. The topological polar surface area (TPSA) is 168 Å². The Morgan fingerprint density at radius 2 is 0.837 bits per heavy atom. The lowest BCUT2D eigenvalue weighted by atomic mass is 9.45. The molecule has 3 saturated heterocycles. The third kappa shape index (κ3) is 6.77. The third-order valence-corrected chi connectivity index (χ3v) is 10.4. The first kappa shape index (κ1) is 35.7. The number of hydrogen-bond donors (Lipinski definition) is 7. The molecule has 0 aromatic carbocycles. The van der Waals surface area contributed by atoms with Crippen molar-refractivity contribution in [2.75, 3.05) is 0 Å². The molecule has 0 spiro atoms. The lowest BCUT2D eigenvalue weighted by Gasteiger charge is -2.62. The Labute approximate surface area is 258 Å². The average molecular weight is 610 g/mol. The molecule has 2 atom stereocenters. The molecule has 0 aromatic rings. The predicted molar refractivity (Wildman–Crippen MR) is 166 cm³/mol. The zero-order chi connectivity index (χ0) is 33.4. The molecule has 0 bridgehead atoms. The molecule has 0 aliphatic carbocycles. The highest BCUT2D eigenvalue weighted by atomic mass is 16.4. The van der Waals surface area contributed by atoms with Gasteiger partial charge in [0, 0.05) is 33.2 Å². The zero-order valence-electron chi connectivity index (χ0n) is 28.6. The number of hydrogen-bond acceptors (Lipinski definition) is 7. The molecule has 3 aliphatic heterocycles. The van der Waals surface area contributed by atoms with Gasteiger partial charge in [0.2, 0.25) is 0 Å². The molecule has 7 N–H and O–H groups in total. The van der Waals surface area contributed by atoms with Gasteiger partial charge in [-0.1, -0.05) is 0 Å². The average Bonchev–Trinajstić information content (AvgIpc) is 2.66. The molecule has 0 saturated carbocycles. The van der Waals surface area contributed by atoms with E-state index in [4.69, 9.17) is 0 Å². The van der Waals surface area contributed by atoms with E-state index in [2.05, 4.69) is 16.0 Å². The van der Waals surface area contributed by atoms with Crippen LogP contribution in [0.2, 0.25) is 0 Å². The number of piperidine rings is 3.